The largest absolute Gasteiger partial charge is 0.444 e. The lowest BCUT2D eigenvalue weighted by molar-refractivity contribution is 0.00695. The smallest absolute Gasteiger partial charge is 0.410 e. The van der Waals surface area contributed by atoms with Crippen molar-refractivity contribution >= 4 is 6.09 Å². The van der Waals surface area contributed by atoms with Crippen molar-refractivity contribution in [1.82, 2.24) is 4.90 Å². The molecule has 1 rings (SSSR count). The van der Waals surface area contributed by atoms with Crippen molar-refractivity contribution < 1.29 is 19.4 Å². The molecule has 0 aromatic heterocycles. The van der Waals surface area contributed by atoms with Gasteiger partial charge in [-0.15, -0.1) is 0 Å². The third-order valence-electron chi connectivity index (χ3n) is 2.82. The van der Waals surface area contributed by atoms with Gasteiger partial charge >= 0.3 is 6.09 Å². The Hall–Kier alpha value is -0.810. The van der Waals surface area contributed by atoms with Gasteiger partial charge in [-0.2, -0.15) is 0 Å². The fourth-order valence-corrected chi connectivity index (χ4v) is 1.98. The number of aliphatic hydroxyl groups is 1. The molecule has 0 saturated carbocycles. The zero-order valence-corrected chi connectivity index (χ0v) is 11.3. The van der Waals surface area contributed by atoms with Crippen LogP contribution in [0, 0.1) is 0 Å². The van der Waals surface area contributed by atoms with Crippen LogP contribution in [0.25, 0.3) is 0 Å². The van der Waals surface area contributed by atoms with Gasteiger partial charge in [-0.3, -0.25) is 4.90 Å². The number of likely N-dealkylation sites (tertiary alicyclic amines) is 1. The van der Waals surface area contributed by atoms with E-state index in [1.165, 1.54) is 0 Å². The Morgan fingerprint density at radius 2 is 2.06 bits per heavy atom. The Balaban J connectivity index is 2.70. The van der Waals surface area contributed by atoms with Gasteiger partial charge in [-0.1, -0.05) is 0 Å². The normalized spacial score (nSPS) is 27.1. The second kappa shape index (κ2) is 5.23. The van der Waals surface area contributed by atoms with Crippen LogP contribution >= 0.6 is 0 Å². The van der Waals surface area contributed by atoms with E-state index in [9.17, 15) is 9.90 Å². The zero-order valence-electron chi connectivity index (χ0n) is 11.3. The number of nitrogens with zero attached hydrogens (tertiary/aromatic N) is 1. The third-order valence-corrected chi connectivity index (χ3v) is 2.82. The van der Waals surface area contributed by atoms with Gasteiger partial charge in [0.1, 0.15) is 5.60 Å². The number of aliphatic hydroxyl groups excluding tert-OH is 1. The van der Waals surface area contributed by atoms with Crippen LogP contribution in [-0.2, 0) is 9.47 Å². The Kier molecular flexibility index (Phi) is 4.38. The van der Waals surface area contributed by atoms with Crippen LogP contribution in [0.4, 0.5) is 4.79 Å². The maximum Gasteiger partial charge on any atom is 0.410 e. The second-order valence-corrected chi connectivity index (χ2v) is 5.53. The first-order valence-electron chi connectivity index (χ1n) is 5.95. The molecule has 1 aliphatic heterocycles. The van der Waals surface area contributed by atoms with E-state index in [2.05, 4.69) is 0 Å². The third kappa shape index (κ3) is 3.85. The number of methoxy groups -OCH3 is 1. The summed E-state index contributed by atoms with van der Waals surface area (Å²) in [7, 11) is 1.61. The average Bonchev–Trinajstić information content (AvgIpc) is 2.58. The predicted octanol–water partition coefficient (Wildman–Crippen LogP) is 1.39. The van der Waals surface area contributed by atoms with Crippen LogP contribution in [-0.4, -0.2) is 53.6 Å². The van der Waals surface area contributed by atoms with Crippen LogP contribution in [0.15, 0.2) is 0 Å². The number of carbonyl (C=O) groups is 1. The number of carbonyl (C=O) groups excluding carboxylic acids is 1. The first kappa shape index (κ1) is 14.3. The van der Waals surface area contributed by atoms with Gasteiger partial charge in [0, 0.05) is 7.11 Å². The van der Waals surface area contributed by atoms with Crippen LogP contribution in [0.5, 0.6) is 0 Å². The van der Waals surface area contributed by atoms with E-state index in [4.69, 9.17) is 9.47 Å². The number of amides is 1. The first-order valence-corrected chi connectivity index (χ1v) is 5.95. The molecule has 1 saturated heterocycles. The van der Waals surface area contributed by atoms with Crippen molar-refractivity contribution in [1.29, 1.82) is 0 Å². The molecule has 17 heavy (non-hydrogen) atoms. The Labute approximate surface area is 103 Å². The molecule has 1 fully saturated rings. The summed E-state index contributed by atoms with van der Waals surface area (Å²) >= 11 is 0. The van der Waals surface area contributed by atoms with Crippen molar-refractivity contribution in [3.05, 3.63) is 0 Å². The number of hydrogen-bond donors (Lipinski definition) is 1. The molecular formula is C12H23NO4. The fraction of sp³-hybridized carbons (Fsp3) is 0.917. The molecule has 0 spiro atoms. The molecule has 100 valence electrons. The van der Waals surface area contributed by atoms with Crippen molar-refractivity contribution in [3.8, 4) is 0 Å². The van der Waals surface area contributed by atoms with Gasteiger partial charge in [0.15, 0.2) is 0 Å². The summed E-state index contributed by atoms with van der Waals surface area (Å²) in [6.07, 6.45) is -0.347. The van der Waals surface area contributed by atoms with Crippen molar-refractivity contribution in [2.45, 2.75) is 58.0 Å². The molecule has 1 N–H and O–H groups in total. The summed E-state index contributed by atoms with van der Waals surface area (Å²) in [4.78, 5) is 13.5. The molecule has 0 radical (unpaired) electrons. The molecule has 1 heterocycles. The lowest BCUT2D eigenvalue weighted by atomic mass is 10.1. The summed E-state index contributed by atoms with van der Waals surface area (Å²) in [6, 6.07) is -0.227. The number of hydrogen-bond acceptors (Lipinski definition) is 4. The lowest BCUT2D eigenvalue weighted by Crippen LogP contribution is -2.44. The highest BCUT2D eigenvalue weighted by Gasteiger charge is 2.39. The first-order chi connectivity index (χ1) is 7.74. The Morgan fingerprint density at radius 1 is 1.47 bits per heavy atom. The summed E-state index contributed by atoms with van der Waals surface area (Å²) in [6.45, 7) is 7.63. The predicted molar refractivity (Wildman–Crippen MR) is 63.8 cm³/mol. The molecule has 1 amide bonds. The SMILES string of the molecule is CO[C@H]1C[C@@H]([C@H](C)O)N(C(=O)OC(C)(C)C)C1. The van der Waals surface area contributed by atoms with Crippen LogP contribution in [0.2, 0.25) is 0 Å². The molecule has 0 aromatic carbocycles. The van der Waals surface area contributed by atoms with Gasteiger partial charge in [-0.05, 0) is 34.1 Å². The number of rotatable bonds is 2. The van der Waals surface area contributed by atoms with Crippen LogP contribution < -0.4 is 0 Å². The molecule has 0 aromatic rings. The van der Waals surface area contributed by atoms with Crippen molar-refractivity contribution in [2.24, 2.45) is 0 Å². The van der Waals surface area contributed by atoms with Gasteiger partial charge < -0.3 is 14.6 Å². The molecule has 5 heteroatoms. The van der Waals surface area contributed by atoms with Gasteiger partial charge in [0.25, 0.3) is 0 Å². The summed E-state index contributed by atoms with van der Waals surface area (Å²) in [5.41, 5.74) is -0.522. The molecule has 1 aliphatic rings. The van der Waals surface area contributed by atoms with Crippen LogP contribution in [0.3, 0.4) is 0 Å². The highest BCUT2D eigenvalue weighted by Crippen LogP contribution is 2.24. The average molecular weight is 245 g/mol. The van der Waals surface area contributed by atoms with Gasteiger partial charge in [0.2, 0.25) is 0 Å². The monoisotopic (exact) mass is 245 g/mol. The molecular weight excluding hydrogens is 222 g/mol. The molecule has 5 nitrogen and oxygen atoms in total. The minimum absolute atomic E-state index is 0.0258. The molecule has 0 unspecified atom stereocenters. The van der Waals surface area contributed by atoms with Gasteiger partial charge in [-0.25, -0.2) is 4.79 Å². The Morgan fingerprint density at radius 3 is 2.47 bits per heavy atom. The van der Waals surface area contributed by atoms with E-state index >= 15 is 0 Å². The van der Waals surface area contributed by atoms with E-state index in [1.54, 1.807) is 18.9 Å². The highest BCUT2D eigenvalue weighted by molar-refractivity contribution is 5.69. The van der Waals surface area contributed by atoms with Crippen molar-refractivity contribution in [3.63, 3.8) is 0 Å². The van der Waals surface area contributed by atoms with Crippen molar-refractivity contribution in [2.75, 3.05) is 13.7 Å². The topological polar surface area (TPSA) is 59.0 Å². The second-order valence-electron chi connectivity index (χ2n) is 5.53. The quantitative estimate of drug-likeness (QED) is 0.798. The fourth-order valence-electron chi connectivity index (χ4n) is 1.98. The summed E-state index contributed by atoms with van der Waals surface area (Å²) < 4.78 is 10.6. The standard InChI is InChI=1S/C12H23NO4/c1-8(14)10-6-9(16-5)7-13(10)11(15)17-12(2,3)4/h8-10,14H,6-7H2,1-5H3/t8-,9-,10-/m0/s1. The van der Waals surface area contributed by atoms with E-state index in [1.807, 2.05) is 20.8 Å². The number of ether oxygens (including phenoxy) is 2. The summed E-state index contributed by atoms with van der Waals surface area (Å²) in [5, 5.41) is 9.68. The maximum absolute atomic E-state index is 12.0. The van der Waals surface area contributed by atoms with E-state index < -0.39 is 11.7 Å². The minimum atomic E-state index is -0.581. The molecule has 3 atom stereocenters. The van der Waals surface area contributed by atoms with E-state index in [0.717, 1.165) is 0 Å². The highest BCUT2D eigenvalue weighted by atomic mass is 16.6. The Bertz CT molecular complexity index is 272. The van der Waals surface area contributed by atoms with E-state index in [-0.39, 0.29) is 18.2 Å². The molecule has 0 aliphatic carbocycles. The minimum Gasteiger partial charge on any atom is -0.444 e. The van der Waals surface area contributed by atoms with Gasteiger partial charge in [0.05, 0.1) is 24.8 Å². The lowest BCUT2D eigenvalue weighted by Gasteiger charge is -2.29. The van der Waals surface area contributed by atoms with E-state index in [0.29, 0.717) is 13.0 Å². The zero-order chi connectivity index (χ0) is 13.2. The summed E-state index contributed by atoms with van der Waals surface area (Å²) in [5.74, 6) is 0. The maximum atomic E-state index is 12.0. The van der Waals surface area contributed by atoms with Crippen LogP contribution in [0.1, 0.15) is 34.1 Å². The molecule has 0 bridgehead atoms.